The first-order chi connectivity index (χ1) is 35.5. The molecule has 0 aliphatic heterocycles. The molecular formula is C66H112O6. The van der Waals surface area contributed by atoms with E-state index >= 15 is 0 Å². The molecule has 0 bridgehead atoms. The molecule has 1 unspecified atom stereocenters. The molecule has 0 N–H and O–H groups in total. The van der Waals surface area contributed by atoms with Crippen molar-refractivity contribution in [3.05, 3.63) is 97.2 Å². The van der Waals surface area contributed by atoms with Crippen LogP contribution in [0.4, 0.5) is 0 Å². The Labute approximate surface area is 445 Å². The summed E-state index contributed by atoms with van der Waals surface area (Å²) in [4.78, 5) is 38.1. The molecular weight excluding hydrogens is 889 g/mol. The summed E-state index contributed by atoms with van der Waals surface area (Å²) in [6.45, 7) is 6.41. The van der Waals surface area contributed by atoms with Crippen molar-refractivity contribution in [2.24, 2.45) is 0 Å². The molecule has 0 rings (SSSR count). The Morgan fingerprint density at radius 1 is 0.306 bits per heavy atom. The molecule has 412 valence electrons. The van der Waals surface area contributed by atoms with Crippen LogP contribution in [0.3, 0.4) is 0 Å². The predicted molar refractivity (Wildman–Crippen MR) is 311 cm³/mol. The number of rotatable bonds is 54. The van der Waals surface area contributed by atoms with Crippen molar-refractivity contribution < 1.29 is 28.6 Å². The molecule has 0 aliphatic carbocycles. The lowest BCUT2D eigenvalue weighted by molar-refractivity contribution is -0.166. The molecule has 0 aromatic rings. The Morgan fingerprint density at radius 3 is 0.958 bits per heavy atom. The zero-order valence-corrected chi connectivity index (χ0v) is 47.2. The van der Waals surface area contributed by atoms with Crippen LogP contribution in [0.5, 0.6) is 0 Å². The molecule has 0 fully saturated rings. The second-order valence-corrected chi connectivity index (χ2v) is 19.9. The van der Waals surface area contributed by atoms with E-state index in [1.54, 1.807) is 6.08 Å². The lowest BCUT2D eigenvalue weighted by Gasteiger charge is -2.18. The van der Waals surface area contributed by atoms with Crippen LogP contribution in [0.25, 0.3) is 0 Å². The molecule has 0 spiro atoms. The normalized spacial score (nSPS) is 12.8. The monoisotopic (exact) mass is 1000 g/mol. The van der Waals surface area contributed by atoms with Crippen LogP contribution >= 0.6 is 0 Å². The Balaban J connectivity index is 4.30. The number of allylic oxidation sites excluding steroid dienone is 15. The number of esters is 3. The molecule has 72 heavy (non-hydrogen) atoms. The van der Waals surface area contributed by atoms with E-state index in [1.807, 2.05) is 6.08 Å². The van der Waals surface area contributed by atoms with E-state index in [4.69, 9.17) is 14.2 Å². The smallest absolute Gasteiger partial charge is 0.310 e. The number of carbonyl (C=O) groups excluding carboxylic acids is 3. The first kappa shape index (κ1) is 68.3. The van der Waals surface area contributed by atoms with E-state index in [1.165, 1.54) is 154 Å². The maximum Gasteiger partial charge on any atom is 0.310 e. The fraction of sp³-hybridized carbons (Fsp3) is 0.712. The first-order valence-electron chi connectivity index (χ1n) is 30.2. The van der Waals surface area contributed by atoms with Gasteiger partial charge in [-0.3, -0.25) is 14.4 Å². The predicted octanol–water partition coefficient (Wildman–Crippen LogP) is 20.5. The molecule has 6 nitrogen and oxygen atoms in total. The molecule has 0 aromatic carbocycles. The Kier molecular flexibility index (Phi) is 56.8. The average Bonchev–Trinajstić information content (AvgIpc) is 3.38. The second-order valence-electron chi connectivity index (χ2n) is 19.9. The zero-order valence-electron chi connectivity index (χ0n) is 47.2. The first-order valence-corrected chi connectivity index (χ1v) is 30.2. The van der Waals surface area contributed by atoms with Gasteiger partial charge >= 0.3 is 17.9 Å². The van der Waals surface area contributed by atoms with Crippen molar-refractivity contribution in [1.29, 1.82) is 0 Å². The molecule has 0 heterocycles. The van der Waals surface area contributed by atoms with Crippen molar-refractivity contribution >= 4 is 17.9 Å². The maximum atomic E-state index is 12.8. The van der Waals surface area contributed by atoms with Crippen LogP contribution in [-0.2, 0) is 28.6 Å². The van der Waals surface area contributed by atoms with Crippen LogP contribution in [0.1, 0.15) is 284 Å². The van der Waals surface area contributed by atoms with E-state index in [-0.39, 0.29) is 31.6 Å². The Morgan fingerprint density at radius 2 is 0.583 bits per heavy atom. The lowest BCUT2D eigenvalue weighted by atomic mass is 10.0. The molecule has 0 saturated carbocycles. The molecule has 0 amide bonds. The molecule has 6 heteroatoms. The summed E-state index contributed by atoms with van der Waals surface area (Å²) in [5, 5.41) is 0. The van der Waals surface area contributed by atoms with E-state index < -0.39 is 12.1 Å². The topological polar surface area (TPSA) is 78.9 Å². The van der Waals surface area contributed by atoms with Gasteiger partial charge in [0.25, 0.3) is 0 Å². The number of ether oxygens (including phenoxy) is 3. The van der Waals surface area contributed by atoms with Gasteiger partial charge in [-0.2, -0.15) is 0 Å². The third-order valence-electron chi connectivity index (χ3n) is 12.8. The van der Waals surface area contributed by atoms with Crippen LogP contribution < -0.4 is 0 Å². The summed E-state index contributed by atoms with van der Waals surface area (Å²) in [5.74, 6) is -1.05. The van der Waals surface area contributed by atoms with Crippen molar-refractivity contribution in [3.8, 4) is 0 Å². The van der Waals surface area contributed by atoms with E-state index in [2.05, 4.69) is 106 Å². The van der Waals surface area contributed by atoms with Crippen LogP contribution in [0.2, 0.25) is 0 Å². The molecule has 0 saturated heterocycles. The lowest BCUT2D eigenvalue weighted by Crippen LogP contribution is -2.30. The highest BCUT2D eigenvalue weighted by molar-refractivity contribution is 5.72. The quantitative estimate of drug-likeness (QED) is 0.0261. The van der Waals surface area contributed by atoms with Gasteiger partial charge in [0.1, 0.15) is 13.2 Å². The Bertz CT molecular complexity index is 1430. The van der Waals surface area contributed by atoms with Gasteiger partial charge in [0.15, 0.2) is 6.10 Å². The minimum Gasteiger partial charge on any atom is -0.462 e. The zero-order chi connectivity index (χ0) is 52.2. The summed E-state index contributed by atoms with van der Waals surface area (Å²) in [7, 11) is 0. The number of hydrogen-bond donors (Lipinski definition) is 0. The van der Waals surface area contributed by atoms with Crippen molar-refractivity contribution in [3.63, 3.8) is 0 Å². The molecule has 0 aliphatic rings. The highest BCUT2D eigenvalue weighted by Gasteiger charge is 2.19. The van der Waals surface area contributed by atoms with E-state index in [0.717, 1.165) is 89.9 Å². The molecule has 0 radical (unpaired) electrons. The van der Waals surface area contributed by atoms with Crippen molar-refractivity contribution in [2.75, 3.05) is 13.2 Å². The van der Waals surface area contributed by atoms with Crippen molar-refractivity contribution in [1.82, 2.24) is 0 Å². The number of carbonyl (C=O) groups is 3. The SMILES string of the molecule is CC/C=C\C/C=C\C/C=C\C/C=C\C/C=C\CC(=O)OC(COC(=O)CCCCCCC/C=C\CCCCC)COC(=O)CCCCCCCCCCCCCCCCC/C=C\C/C=C\CCCCCCC. The highest BCUT2D eigenvalue weighted by Crippen LogP contribution is 2.16. The number of hydrogen-bond acceptors (Lipinski definition) is 6. The maximum absolute atomic E-state index is 12.8. The fourth-order valence-electron chi connectivity index (χ4n) is 8.31. The summed E-state index contributed by atoms with van der Waals surface area (Å²) in [6.07, 6.45) is 80.2. The van der Waals surface area contributed by atoms with Gasteiger partial charge in [-0.15, -0.1) is 0 Å². The summed E-state index contributed by atoms with van der Waals surface area (Å²) in [5.41, 5.74) is 0. The highest BCUT2D eigenvalue weighted by atomic mass is 16.6. The van der Waals surface area contributed by atoms with Gasteiger partial charge in [-0.25, -0.2) is 0 Å². The van der Waals surface area contributed by atoms with Crippen LogP contribution in [0.15, 0.2) is 97.2 Å². The standard InChI is InChI=1S/C66H112O6/c1-4-7-10-13-16-19-22-25-27-28-29-30-31-32-33-34-35-36-37-38-40-41-44-47-50-53-56-59-65(68)71-62-63(61-70-64(67)58-55-52-49-46-43-24-21-18-15-12-9-6-3)72-66(69)60-57-54-51-48-45-42-39-26-23-20-17-14-11-8-5-2/h8,11,17-18,20-22,25-26,28-29,39,45,48,54,57,63H,4-7,9-10,12-16,19,23-24,27,30-38,40-44,46-47,49-53,55-56,58-62H2,1-3H3/b11-8-,20-17-,21-18-,25-22-,29-28-,39-26-,48-45-,57-54-. The third-order valence-corrected chi connectivity index (χ3v) is 12.8. The minimum atomic E-state index is -0.835. The average molecular weight is 1000 g/mol. The van der Waals surface area contributed by atoms with Gasteiger partial charge in [0.2, 0.25) is 0 Å². The van der Waals surface area contributed by atoms with Gasteiger partial charge in [-0.1, -0.05) is 259 Å². The molecule has 0 aromatic heterocycles. The van der Waals surface area contributed by atoms with Gasteiger partial charge in [-0.05, 0) is 103 Å². The summed E-state index contributed by atoms with van der Waals surface area (Å²) in [6, 6.07) is 0. The number of unbranched alkanes of at least 4 members (excludes halogenated alkanes) is 28. The van der Waals surface area contributed by atoms with Crippen LogP contribution in [0, 0.1) is 0 Å². The Hall–Kier alpha value is -3.67. The second kappa shape index (κ2) is 59.9. The van der Waals surface area contributed by atoms with Crippen molar-refractivity contribution in [2.45, 2.75) is 290 Å². The van der Waals surface area contributed by atoms with Gasteiger partial charge < -0.3 is 14.2 Å². The summed E-state index contributed by atoms with van der Waals surface area (Å²) < 4.78 is 16.7. The fourth-order valence-corrected chi connectivity index (χ4v) is 8.31. The van der Waals surface area contributed by atoms with E-state index in [0.29, 0.717) is 12.8 Å². The van der Waals surface area contributed by atoms with E-state index in [9.17, 15) is 14.4 Å². The summed E-state index contributed by atoms with van der Waals surface area (Å²) >= 11 is 0. The van der Waals surface area contributed by atoms with Gasteiger partial charge in [0.05, 0.1) is 6.42 Å². The minimum absolute atomic E-state index is 0.0946. The largest absolute Gasteiger partial charge is 0.462 e. The third kappa shape index (κ3) is 57.2. The van der Waals surface area contributed by atoms with Crippen LogP contribution in [-0.4, -0.2) is 37.2 Å². The molecule has 1 atom stereocenters. The van der Waals surface area contributed by atoms with Gasteiger partial charge in [0, 0.05) is 12.8 Å².